The van der Waals surface area contributed by atoms with Crippen LogP contribution < -0.4 is 11.5 Å². The molecule has 0 unspecified atom stereocenters. The van der Waals surface area contributed by atoms with E-state index < -0.39 is 35.4 Å². The molecule has 0 radical (unpaired) electrons. The highest BCUT2D eigenvalue weighted by Gasteiger charge is 2.36. The van der Waals surface area contributed by atoms with E-state index in [0.29, 0.717) is 0 Å². The molecule has 0 heterocycles. The fraction of sp³-hybridized carbons (Fsp3) is 0.250. The highest BCUT2D eigenvalue weighted by molar-refractivity contribution is 5.53. The van der Waals surface area contributed by atoms with Gasteiger partial charge in [-0.1, -0.05) is 0 Å². The first-order chi connectivity index (χ1) is 6.38. The van der Waals surface area contributed by atoms with Crippen LogP contribution in [0.25, 0.3) is 0 Å². The fourth-order valence-corrected chi connectivity index (χ4v) is 1.17. The van der Waals surface area contributed by atoms with E-state index in [1.165, 1.54) is 0 Å². The summed E-state index contributed by atoms with van der Waals surface area (Å²) in [6, 6.07) is 1.74. The van der Waals surface area contributed by atoms with Gasteiger partial charge in [0.15, 0.2) is 0 Å². The first-order valence-corrected chi connectivity index (χ1v) is 3.72. The number of rotatable bonds is 1. The van der Waals surface area contributed by atoms with Crippen LogP contribution in [0, 0.1) is 5.82 Å². The first kappa shape index (κ1) is 10.8. The van der Waals surface area contributed by atoms with Gasteiger partial charge >= 0.3 is 6.18 Å². The monoisotopic (exact) mass is 208 g/mol. The zero-order valence-corrected chi connectivity index (χ0v) is 7.03. The van der Waals surface area contributed by atoms with E-state index in [-0.39, 0.29) is 0 Å². The van der Waals surface area contributed by atoms with Crippen molar-refractivity contribution in [3.8, 4) is 0 Å². The Balaban J connectivity index is 3.46. The minimum atomic E-state index is -4.68. The molecule has 0 bridgehead atoms. The van der Waals surface area contributed by atoms with Crippen LogP contribution in [0.15, 0.2) is 12.1 Å². The molecule has 1 rings (SSSR count). The third-order valence-electron chi connectivity index (χ3n) is 1.78. The van der Waals surface area contributed by atoms with Gasteiger partial charge < -0.3 is 11.5 Å². The Hall–Kier alpha value is -1.30. The number of hydrogen-bond donors (Lipinski definition) is 2. The average Bonchev–Trinajstić information content (AvgIpc) is 2.06. The number of anilines is 1. The second-order valence-electron chi connectivity index (χ2n) is 2.69. The largest absolute Gasteiger partial charge is 0.418 e. The van der Waals surface area contributed by atoms with Crippen LogP contribution in [0.3, 0.4) is 0 Å². The van der Waals surface area contributed by atoms with Gasteiger partial charge in [0.1, 0.15) is 5.82 Å². The molecule has 1 aromatic carbocycles. The van der Waals surface area contributed by atoms with Crippen LogP contribution in [0.5, 0.6) is 0 Å². The molecule has 0 saturated heterocycles. The zero-order chi connectivity index (χ0) is 10.9. The number of nitrogens with two attached hydrogens (primary N) is 2. The number of benzene rings is 1. The van der Waals surface area contributed by atoms with E-state index in [9.17, 15) is 17.6 Å². The van der Waals surface area contributed by atoms with E-state index in [2.05, 4.69) is 0 Å². The molecular weight excluding hydrogens is 200 g/mol. The molecule has 0 aliphatic heterocycles. The fourth-order valence-electron chi connectivity index (χ4n) is 1.17. The van der Waals surface area contributed by atoms with Crippen molar-refractivity contribution in [1.29, 1.82) is 0 Å². The van der Waals surface area contributed by atoms with Crippen molar-refractivity contribution in [3.05, 3.63) is 29.1 Å². The van der Waals surface area contributed by atoms with Gasteiger partial charge in [0, 0.05) is 17.8 Å². The number of nitrogen functional groups attached to an aromatic ring is 1. The molecule has 0 fully saturated rings. The van der Waals surface area contributed by atoms with Crippen molar-refractivity contribution in [1.82, 2.24) is 0 Å². The van der Waals surface area contributed by atoms with Crippen LogP contribution in [0.2, 0.25) is 0 Å². The van der Waals surface area contributed by atoms with Gasteiger partial charge in [-0.2, -0.15) is 13.2 Å². The lowest BCUT2D eigenvalue weighted by molar-refractivity contribution is -0.137. The first-order valence-electron chi connectivity index (χ1n) is 3.72. The van der Waals surface area contributed by atoms with Crippen LogP contribution in [0.1, 0.15) is 11.1 Å². The van der Waals surface area contributed by atoms with E-state index in [4.69, 9.17) is 11.5 Å². The van der Waals surface area contributed by atoms with Gasteiger partial charge in [-0.15, -0.1) is 0 Å². The zero-order valence-electron chi connectivity index (χ0n) is 7.03. The Bertz CT molecular complexity index is 346. The van der Waals surface area contributed by atoms with Crippen LogP contribution in [0.4, 0.5) is 23.2 Å². The summed E-state index contributed by atoms with van der Waals surface area (Å²) in [5, 5.41) is 0. The molecule has 6 heteroatoms. The van der Waals surface area contributed by atoms with Crippen molar-refractivity contribution in [2.45, 2.75) is 12.7 Å². The maximum atomic E-state index is 12.9. The van der Waals surface area contributed by atoms with Gasteiger partial charge in [-0.3, -0.25) is 0 Å². The standard InChI is InChI=1S/C8H8F4N2/c9-5-1-2-6(14)7(4(5)3-13)8(10,11)12/h1-2H,3,13-14H2. The van der Waals surface area contributed by atoms with E-state index in [1.54, 1.807) is 0 Å². The summed E-state index contributed by atoms with van der Waals surface area (Å²) in [6.45, 7) is -0.536. The molecular formula is C8H8F4N2. The Morgan fingerprint density at radius 2 is 1.79 bits per heavy atom. The number of alkyl halides is 3. The molecule has 78 valence electrons. The Labute approximate surface area is 77.5 Å². The van der Waals surface area contributed by atoms with E-state index in [1.807, 2.05) is 0 Å². The Morgan fingerprint density at radius 1 is 1.21 bits per heavy atom. The topological polar surface area (TPSA) is 52.0 Å². The lowest BCUT2D eigenvalue weighted by Crippen LogP contribution is -2.16. The van der Waals surface area contributed by atoms with Crippen LogP contribution >= 0.6 is 0 Å². The maximum absolute atomic E-state index is 12.9. The summed E-state index contributed by atoms with van der Waals surface area (Å²) in [4.78, 5) is 0. The molecule has 2 nitrogen and oxygen atoms in total. The van der Waals surface area contributed by atoms with Crippen LogP contribution in [-0.2, 0) is 12.7 Å². The Morgan fingerprint density at radius 3 is 2.14 bits per heavy atom. The minimum absolute atomic E-state index is 0.514. The predicted molar refractivity (Wildman–Crippen MR) is 43.7 cm³/mol. The lowest BCUT2D eigenvalue weighted by Gasteiger charge is -2.14. The van der Waals surface area contributed by atoms with E-state index in [0.717, 1.165) is 12.1 Å². The number of halogens is 4. The summed E-state index contributed by atoms with van der Waals surface area (Å²) in [7, 11) is 0. The quantitative estimate of drug-likeness (QED) is 0.547. The van der Waals surface area contributed by atoms with E-state index >= 15 is 0 Å². The highest BCUT2D eigenvalue weighted by Crippen LogP contribution is 2.36. The summed E-state index contributed by atoms with van der Waals surface area (Å²) < 4.78 is 50.0. The summed E-state index contributed by atoms with van der Waals surface area (Å²) in [5.41, 5.74) is 7.84. The van der Waals surface area contributed by atoms with Crippen molar-refractivity contribution in [2.24, 2.45) is 5.73 Å². The second kappa shape index (κ2) is 3.45. The second-order valence-corrected chi connectivity index (χ2v) is 2.69. The molecule has 0 spiro atoms. The molecule has 0 aliphatic carbocycles. The van der Waals surface area contributed by atoms with Gasteiger partial charge in [0.05, 0.1) is 5.56 Å². The summed E-state index contributed by atoms with van der Waals surface area (Å²) in [5.74, 6) is -0.992. The molecule has 0 aliphatic rings. The van der Waals surface area contributed by atoms with Gasteiger partial charge in [0.2, 0.25) is 0 Å². The lowest BCUT2D eigenvalue weighted by atomic mass is 10.0. The van der Waals surface area contributed by atoms with Gasteiger partial charge in [-0.05, 0) is 12.1 Å². The van der Waals surface area contributed by atoms with Crippen molar-refractivity contribution in [2.75, 3.05) is 5.73 Å². The van der Waals surface area contributed by atoms with Gasteiger partial charge in [0.25, 0.3) is 0 Å². The molecule has 0 atom stereocenters. The SMILES string of the molecule is NCc1c(F)ccc(N)c1C(F)(F)F. The molecule has 0 saturated carbocycles. The molecule has 14 heavy (non-hydrogen) atoms. The number of hydrogen-bond acceptors (Lipinski definition) is 2. The highest BCUT2D eigenvalue weighted by atomic mass is 19.4. The average molecular weight is 208 g/mol. The normalized spacial score (nSPS) is 11.8. The molecule has 0 amide bonds. The summed E-state index contributed by atoms with van der Waals surface area (Å²) >= 11 is 0. The Kier molecular flexibility index (Phi) is 2.66. The summed E-state index contributed by atoms with van der Waals surface area (Å²) in [6.07, 6.45) is -4.68. The van der Waals surface area contributed by atoms with Crippen LogP contribution in [-0.4, -0.2) is 0 Å². The third kappa shape index (κ3) is 1.79. The van der Waals surface area contributed by atoms with Gasteiger partial charge in [-0.25, -0.2) is 4.39 Å². The minimum Gasteiger partial charge on any atom is -0.398 e. The van der Waals surface area contributed by atoms with Crippen molar-refractivity contribution in [3.63, 3.8) is 0 Å². The molecule has 4 N–H and O–H groups in total. The molecule has 1 aromatic rings. The predicted octanol–water partition coefficient (Wildman–Crippen LogP) is 1.89. The maximum Gasteiger partial charge on any atom is 0.418 e. The van der Waals surface area contributed by atoms with Crippen molar-refractivity contribution >= 4 is 5.69 Å². The smallest absolute Gasteiger partial charge is 0.398 e. The molecule has 0 aromatic heterocycles. The third-order valence-corrected chi connectivity index (χ3v) is 1.78. The van der Waals surface area contributed by atoms with Crippen molar-refractivity contribution < 1.29 is 17.6 Å².